The number of hydrazine groups is 1. The van der Waals surface area contributed by atoms with Gasteiger partial charge in [0.1, 0.15) is 0 Å². The lowest BCUT2D eigenvalue weighted by Gasteiger charge is -2.22. The van der Waals surface area contributed by atoms with Gasteiger partial charge >= 0.3 is 0 Å². The van der Waals surface area contributed by atoms with Crippen LogP contribution in [0.5, 0.6) is 0 Å². The Balaban J connectivity index is 1.72. The molecule has 0 unspecified atom stereocenters. The summed E-state index contributed by atoms with van der Waals surface area (Å²) in [5, 5.41) is 7.51. The molecule has 0 saturated carbocycles. The van der Waals surface area contributed by atoms with Gasteiger partial charge in [0, 0.05) is 13.2 Å². The van der Waals surface area contributed by atoms with E-state index in [-0.39, 0.29) is 11.8 Å². The van der Waals surface area contributed by atoms with Crippen molar-refractivity contribution >= 4 is 5.91 Å². The molecule has 0 bridgehead atoms. The van der Waals surface area contributed by atoms with Crippen molar-refractivity contribution < 1.29 is 14.3 Å². The average Bonchev–Trinajstić information content (AvgIpc) is 2.88. The third-order valence-electron chi connectivity index (χ3n) is 2.74. The predicted molar refractivity (Wildman–Crippen MR) is 61.5 cm³/mol. The second kappa shape index (κ2) is 6.43. The standard InChI is InChI=1S/C10H17N5O3/c11-12-10(16)9-7-15(14-13-9)3-6-18-8-1-4-17-5-2-8/h7-8H,1-6,11H2,(H,12,16). The summed E-state index contributed by atoms with van der Waals surface area (Å²) in [5.74, 6) is 4.55. The van der Waals surface area contributed by atoms with E-state index < -0.39 is 5.91 Å². The minimum atomic E-state index is -0.452. The van der Waals surface area contributed by atoms with Gasteiger partial charge < -0.3 is 9.47 Å². The molecule has 8 nitrogen and oxygen atoms in total. The van der Waals surface area contributed by atoms with Gasteiger partial charge in [0.15, 0.2) is 5.69 Å². The van der Waals surface area contributed by atoms with Gasteiger partial charge in [0.2, 0.25) is 0 Å². The molecule has 2 rings (SSSR count). The van der Waals surface area contributed by atoms with E-state index >= 15 is 0 Å². The number of nitrogen functional groups attached to an aromatic ring is 1. The highest BCUT2D eigenvalue weighted by Crippen LogP contribution is 2.10. The number of hydrogen-bond donors (Lipinski definition) is 2. The largest absolute Gasteiger partial charge is 0.381 e. The summed E-state index contributed by atoms with van der Waals surface area (Å²) in [4.78, 5) is 11.2. The molecule has 1 aromatic rings. The van der Waals surface area contributed by atoms with E-state index in [1.165, 1.54) is 6.20 Å². The van der Waals surface area contributed by atoms with Crippen LogP contribution in [-0.4, -0.2) is 46.8 Å². The molecule has 3 N–H and O–H groups in total. The topological polar surface area (TPSA) is 104 Å². The second-order valence-electron chi connectivity index (χ2n) is 4.02. The summed E-state index contributed by atoms with van der Waals surface area (Å²) in [5.41, 5.74) is 2.20. The number of aromatic nitrogens is 3. The number of nitrogens with two attached hydrogens (primary N) is 1. The molecule has 1 amide bonds. The highest BCUT2D eigenvalue weighted by molar-refractivity contribution is 5.91. The van der Waals surface area contributed by atoms with Gasteiger partial charge in [-0.3, -0.25) is 10.2 Å². The van der Waals surface area contributed by atoms with Crippen LogP contribution in [0.15, 0.2) is 6.20 Å². The molecule has 0 radical (unpaired) electrons. The molecule has 1 saturated heterocycles. The Hall–Kier alpha value is -1.51. The molecule has 0 spiro atoms. The predicted octanol–water partition coefficient (Wildman–Crippen LogP) is -0.923. The van der Waals surface area contributed by atoms with E-state index in [0.717, 1.165) is 26.1 Å². The van der Waals surface area contributed by atoms with E-state index in [9.17, 15) is 4.79 Å². The average molecular weight is 255 g/mol. The van der Waals surface area contributed by atoms with Gasteiger partial charge in [0.05, 0.1) is 25.5 Å². The van der Waals surface area contributed by atoms with Crippen molar-refractivity contribution in [1.29, 1.82) is 0 Å². The van der Waals surface area contributed by atoms with Gasteiger partial charge in [0.25, 0.3) is 5.91 Å². The fourth-order valence-electron chi connectivity index (χ4n) is 1.74. The number of carbonyl (C=O) groups is 1. The highest BCUT2D eigenvalue weighted by Gasteiger charge is 2.14. The first-order valence-electron chi connectivity index (χ1n) is 5.90. The monoisotopic (exact) mass is 255 g/mol. The zero-order valence-electron chi connectivity index (χ0n) is 10.0. The van der Waals surface area contributed by atoms with Gasteiger partial charge in [-0.15, -0.1) is 5.10 Å². The minimum Gasteiger partial charge on any atom is -0.381 e. The lowest BCUT2D eigenvalue weighted by Crippen LogP contribution is -2.30. The van der Waals surface area contributed by atoms with Crippen LogP contribution in [0.3, 0.4) is 0 Å². The summed E-state index contributed by atoms with van der Waals surface area (Å²) >= 11 is 0. The van der Waals surface area contributed by atoms with E-state index in [2.05, 4.69) is 10.3 Å². The van der Waals surface area contributed by atoms with Crippen LogP contribution in [0.2, 0.25) is 0 Å². The maximum Gasteiger partial charge on any atom is 0.287 e. The Morgan fingerprint density at radius 1 is 1.61 bits per heavy atom. The third kappa shape index (κ3) is 3.49. The van der Waals surface area contributed by atoms with Crippen molar-refractivity contribution in [3.05, 3.63) is 11.9 Å². The molecule has 0 aliphatic carbocycles. The Morgan fingerprint density at radius 2 is 2.39 bits per heavy atom. The molecule has 1 aliphatic heterocycles. The number of nitrogens with one attached hydrogen (secondary N) is 1. The summed E-state index contributed by atoms with van der Waals surface area (Å²) < 4.78 is 12.5. The number of rotatable bonds is 5. The lowest BCUT2D eigenvalue weighted by atomic mass is 10.2. The summed E-state index contributed by atoms with van der Waals surface area (Å²) in [6, 6.07) is 0. The lowest BCUT2D eigenvalue weighted by molar-refractivity contribution is -0.0345. The van der Waals surface area contributed by atoms with E-state index in [0.29, 0.717) is 13.2 Å². The Morgan fingerprint density at radius 3 is 3.11 bits per heavy atom. The van der Waals surface area contributed by atoms with E-state index in [1.54, 1.807) is 4.68 Å². The van der Waals surface area contributed by atoms with Crippen molar-refractivity contribution in [3.63, 3.8) is 0 Å². The molecule has 0 atom stereocenters. The van der Waals surface area contributed by atoms with Gasteiger partial charge in [-0.1, -0.05) is 5.21 Å². The van der Waals surface area contributed by atoms with Crippen molar-refractivity contribution in [1.82, 2.24) is 20.4 Å². The number of nitrogens with zero attached hydrogens (tertiary/aromatic N) is 3. The second-order valence-corrected chi connectivity index (χ2v) is 4.02. The van der Waals surface area contributed by atoms with E-state index in [1.807, 2.05) is 5.43 Å². The molecule has 0 aromatic carbocycles. The molecule has 18 heavy (non-hydrogen) atoms. The number of amides is 1. The normalized spacial score (nSPS) is 16.7. The van der Waals surface area contributed by atoms with Crippen LogP contribution in [0, 0.1) is 0 Å². The molecule has 2 heterocycles. The molecular weight excluding hydrogens is 238 g/mol. The number of carbonyl (C=O) groups excluding carboxylic acids is 1. The van der Waals surface area contributed by atoms with Crippen LogP contribution in [-0.2, 0) is 16.0 Å². The van der Waals surface area contributed by atoms with Gasteiger partial charge in [-0.25, -0.2) is 10.5 Å². The number of ether oxygens (including phenoxy) is 2. The molecule has 1 aromatic heterocycles. The maximum absolute atomic E-state index is 11.2. The quantitative estimate of drug-likeness (QED) is 0.400. The van der Waals surface area contributed by atoms with Crippen molar-refractivity contribution in [2.45, 2.75) is 25.5 Å². The first kappa shape index (κ1) is 12.9. The van der Waals surface area contributed by atoms with E-state index in [4.69, 9.17) is 15.3 Å². The Kier molecular flexibility index (Phi) is 4.62. The van der Waals surface area contributed by atoms with Gasteiger partial charge in [-0.05, 0) is 12.8 Å². The zero-order chi connectivity index (χ0) is 12.8. The van der Waals surface area contributed by atoms with Crippen LogP contribution in [0.4, 0.5) is 0 Å². The highest BCUT2D eigenvalue weighted by atomic mass is 16.5. The first-order valence-corrected chi connectivity index (χ1v) is 5.90. The van der Waals surface area contributed by atoms with Crippen LogP contribution in [0.25, 0.3) is 0 Å². The molecule has 1 aliphatic rings. The minimum absolute atomic E-state index is 0.198. The smallest absolute Gasteiger partial charge is 0.287 e. The fraction of sp³-hybridized carbons (Fsp3) is 0.700. The molecule has 100 valence electrons. The van der Waals surface area contributed by atoms with Crippen LogP contribution < -0.4 is 11.3 Å². The van der Waals surface area contributed by atoms with Crippen molar-refractivity contribution in [2.24, 2.45) is 5.84 Å². The summed E-state index contributed by atoms with van der Waals surface area (Å²) in [7, 11) is 0. The SMILES string of the molecule is NNC(=O)c1cn(CCOC2CCOCC2)nn1. The molecule has 1 fully saturated rings. The molecular formula is C10H17N5O3. The number of hydrogen-bond acceptors (Lipinski definition) is 6. The van der Waals surface area contributed by atoms with Crippen molar-refractivity contribution in [3.8, 4) is 0 Å². The fourth-order valence-corrected chi connectivity index (χ4v) is 1.74. The van der Waals surface area contributed by atoms with Gasteiger partial charge in [-0.2, -0.15) is 0 Å². The zero-order valence-corrected chi connectivity index (χ0v) is 10.0. The molecule has 8 heteroatoms. The summed E-state index contributed by atoms with van der Waals surface area (Å²) in [6.45, 7) is 2.61. The van der Waals surface area contributed by atoms with Crippen molar-refractivity contribution in [2.75, 3.05) is 19.8 Å². The Labute approximate surface area is 104 Å². The third-order valence-corrected chi connectivity index (χ3v) is 2.74. The maximum atomic E-state index is 11.2. The first-order chi connectivity index (χ1) is 8.79. The Bertz CT molecular complexity index is 389. The van der Waals surface area contributed by atoms with Crippen LogP contribution in [0.1, 0.15) is 23.3 Å². The van der Waals surface area contributed by atoms with Crippen LogP contribution >= 0.6 is 0 Å². The summed E-state index contributed by atoms with van der Waals surface area (Å²) in [6.07, 6.45) is 3.65.